The van der Waals surface area contributed by atoms with Gasteiger partial charge in [-0.05, 0) is 35.7 Å². The molecule has 132 valence electrons. The molecule has 1 atom stereocenters. The molecule has 0 saturated carbocycles. The predicted octanol–water partition coefficient (Wildman–Crippen LogP) is 3.44. The lowest BCUT2D eigenvalue weighted by Crippen LogP contribution is -2.28. The van der Waals surface area contributed by atoms with Gasteiger partial charge in [-0.2, -0.15) is 11.3 Å². The van der Waals surface area contributed by atoms with Gasteiger partial charge in [0.2, 0.25) is 11.8 Å². The highest BCUT2D eigenvalue weighted by Gasteiger charge is 2.35. The maximum absolute atomic E-state index is 12.5. The zero-order chi connectivity index (χ0) is 18.1. The molecule has 1 aromatic carbocycles. The second-order valence-corrected chi connectivity index (χ2v) is 7.01. The minimum absolute atomic E-state index is 0.0218. The number of hydrogen-bond donors (Lipinski definition) is 1. The summed E-state index contributed by atoms with van der Waals surface area (Å²) >= 11 is 7.38. The minimum Gasteiger partial charge on any atom is -0.403 e. The molecule has 0 aliphatic carbocycles. The third-order valence-electron chi connectivity index (χ3n) is 4.06. The van der Waals surface area contributed by atoms with E-state index in [1.54, 1.807) is 29.2 Å². The van der Waals surface area contributed by atoms with Gasteiger partial charge in [0, 0.05) is 34.6 Å². The van der Waals surface area contributed by atoms with Crippen molar-refractivity contribution >= 4 is 46.5 Å². The Labute approximate surface area is 157 Å². The van der Waals surface area contributed by atoms with E-state index in [0.29, 0.717) is 16.6 Å². The van der Waals surface area contributed by atoms with E-state index in [4.69, 9.17) is 16.0 Å². The molecule has 1 N–H and O–H groups in total. The average Bonchev–Trinajstić information content (AvgIpc) is 3.36. The topological polar surface area (TPSA) is 88.3 Å². The fourth-order valence-electron chi connectivity index (χ4n) is 2.74. The molecular weight excluding hydrogens is 376 g/mol. The van der Waals surface area contributed by atoms with E-state index in [1.165, 1.54) is 11.3 Å². The molecule has 0 radical (unpaired) electrons. The summed E-state index contributed by atoms with van der Waals surface area (Å²) in [6.45, 7) is 0.290. The fourth-order valence-corrected chi connectivity index (χ4v) is 3.49. The zero-order valence-corrected chi connectivity index (χ0v) is 15.0. The Morgan fingerprint density at radius 3 is 2.81 bits per heavy atom. The monoisotopic (exact) mass is 388 g/mol. The molecule has 26 heavy (non-hydrogen) atoms. The van der Waals surface area contributed by atoms with Gasteiger partial charge in [0.15, 0.2) is 0 Å². The Morgan fingerprint density at radius 1 is 1.27 bits per heavy atom. The second-order valence-electron chi connectivity index (χ2n) is 5.80. The molecule has 2 amide bonds. The summed E-state index contributed by atoms with van der Waals surface area (Å²) in [6, 6.07) is 8.80. The quantitative estimate of drug-likeness (QED) is 0.739. The molecule has 9 heteroatoms. The maximum Gasteiger partial charge on any atom is 0.322 e. The standard InChI is InChI=1S/C17H13ClN4O3S/c18-12-1-3-13(4-2-12)22-8-11(7-14(22)23)15(24)19-17-21-20-16(25-17)10-5-6-26-9-10/h1-6,9,11H,7-8H2,(H,19,21,24)/t11-/m0/s1. The van der Waals surface area contributed by atoms with E-state index in [2.05, 4.69) is 15.5 Å². The number of halogens is 1. The lowest BCUT2D eigenvalue weighted by Gasteiger charge is -2.16. The lowest BCUT2D eigenvalue weighted by atomic mass is 10.1. The van der Waals surface area contributed by atoms with E-state index < -0.39 is 5.92 Å². The van der Waals surface area contributed by atoms with Gasteiger partial charge in [-0.15, -0.1) is 5.10 Å². The van der Waals surface area contributed by atoms with E-state index in [1.807, 2.05) is 16.8 Å². The van der Waals surface area contributed by atoms with Gasteiger partial charge in [0.25, 0.3) is 5.89 Å². The van der Waals surface area contributed by atoms with E-state index in [9.17, 15) is 9.59 Å². The molecule has 0 spiro atoms. The van der Waals surface area contributed by atoms with Crippen molar-refractivity contribution in [2.24, 2.45) is 5.92 Å². The molecule has 3 aromatic rings. The normalized spacial score (nSPS) is 16.9. The Kier molecular flexibility index (Phi) is 4.44. The summed E-state index contributed by atoms with van der Waals surface area (Å²) in [5.74, 6) is -0.589. The van der Waals surface area contributed by atoms with Crippen molar-refractivity contribution in [1.82, 2.24) is 10.2 Å². The lowest BCUT2D eigenvalue weighted by molar-refractivity contribution is -0.122. The summed E-state index contributed by atoms with van der Waals surface area (Å²) in [4.78, 5) is 26.3. The van der Waals surface area contributed by atoms with Crippen molar-refractivity contribution in [3.63, 3.8) is 0 Å². The molecule has 2 aromatic heterocycles. The first-order valence-corrected chi connectivity index (χ1v) is 9.15. The average molecular weight is 389 g/mol. The van der Waals surface area contributed by atoms with Crippen LogP contribution in [0.2, 0.25) is 5.02 Å². The summed E-state index contributed by atoms with van der Waals surface area (Å²) < 4.78 is 5.45. The van der Waals surface area contributed by atoms with E-state index >= 15 is 0 Å². The Morgan fingerprint density at radius 2 is 2.08 bits per heavy atom. The van der Waals surface area contributed by atoms with Crippen molar-refractivity contribution in [2.45, 2.75) is 6.42 Å². The molecule has 3 heterocycles. The number of anilines is 2. The van der Waals surface area contributed by atoms with Crippen LogP contribution in [-0.2, 0) is 9.59 Å². The molecule has 1 saturated heterocycles. The molecule has 0 unspecified atom stereocenters. The van der Waals surface area contributed by atoms with Crippen LogP contribution < -0.4 is 10.2 Å². The van der Waals surface area contributed by atoms with Crippen LogP contribution in [0.3, 0.4) is 0 Å². The van der Waals surface area contributed by atoms with Crippen LogP contribution in [-0.4, -0.2) is 28.6 Å². The van der Waals surface area contributed by atoms with Crippen LogP contribution in [0, 0.1) is 5.92 Å². The van der Waals surface area contributed by atoms with Gasteiger partial charge < -0.3 is 9.32 Å². The van der Waals surface area contributed by atoms with Crippen LogP contribution in [0.1, 0.15) is 6.42 Å². The highest BCUT2D eigenvalue weighted by Crippen LogP contribution is 2.27. The van der Waals surface area contributed by atoms with Crippen molar-refractivity contribution in [3.05, 3.63) is 46.1 Å². The molecular formula is C17H13ClN4O3S. The summed E-state index contributed by atoms with van der Waals surface area (Å²) in [6.07, 6.45) is 0.125. The van der Waals surface area contributed by atoms with Crippen molar-refractivity contribution in [1.29, 1.82) is 0 Å². The van der Waals surface area contributed by atoms with Crippen LogP contribution >= 0.6 is 22.9 Å². The van der Waals surface area contributed by atoms with Gasteiger partial charge in [0.05, 0.1) is 5.92 Å². The summed E-state index contributed by atoms with van der Waals surface area (Å²) in [5, 5.41) is 14.7. The number of aromatic nitrogens is 2. The van der Waals surface area contributed by atoms with Gasteiger partial charge in [-0.25, -0.2) is 0 Å². The predicted molar refractivity (Wildman–Crippen MR) is 98.2 cm³/mol. The van der Waals surface area contributed by atoms with Crippen molar-refractivity contribution < 1.29 is 14.0 Å². The van der Waals surface area contributed by atoms with Gasteiger partial charge in [0.1, 0.15) is 0 Å². The maximum atomic E-state index is 12.5. The number of rotatable bonds is 4. The summed E-state index contributed by atoms with van der Waals surface area (Å²) in [5.41, 5.74) is 1.51. The minimum atomic E-state index is -0.491. The summed E-state index contributed by atoms with van der Waals surface area (Å²) in [7, 11) is 0. The number of nitrogens with zero attached hydrogens (tertiary/aromatic N) is 3. The number of benzene rings is 1. The van der Waals surface area contributed by atoms with Crippen LogP contribution in [0.4, 0.5) is 11.7 Å². The first-order chi connectivity index (χ1) is 12.6. The first kappa shape index (κ1) is 16.7. The Balaban J connectivity index is 1.43. The molecule has 4 rings (SSSR count). The van der Waals surface area contributed by atoms with Gasteiger partial charge >= 0.3 is 6.01 Å². The third-order valence-corrected chi connectivity index (χ3v) is 4.99. The second kappa shape index (κ2) is 6.89. The SMILES string of the molecule is O=C(Nc1nnc(-c2ccsc2)o1)[C@H]1CC(=O)N(c2ccc(Cl)cc2)C1. The smallest absolute Gasteiger partial charge is 0.322 e. The number of carbonyl (C=O) groups is 2. The molecule has 0 bridgehead atoms. The molecule has 7 nitrogen and oxygen atoms in total. The van der Waals surface area contributed by atoms with Gasteiger partial charge in [-0.1, -0.05) is 16.7 Å². The Bertz CT molecular complexity index is 939. The van der Waals surface area contributed by atoms with Crippen LogP contribution in [0.5, 0.6) is 0 Å². The zero-order valence-electron chi connectivity index (χ0n) is 13.4. The van der Waals surface area contributed by atoms with Crippen LogP contribution in [0.25, 0.3) is 11.5 Å². The highest BCUT2D eigenvalue weighted by atomic mass is 35.5. The van der Waals surface area contributed by atoms with E-state index in [-0.39, 0.29) is 30.8 Å². The van der Waals surface area contributed by atoms with Crippen molar-refractivity contribution in [2.75, 3.05) is 16.8 Å². The molecule has 1 aliphatic rings. The highest BCUT2D eigenvalue weighted by molar-refractivity contribution is 7.08. The number of amides is 2. The third kappa shape index (κ3) is 3.33. The number of nitrogens with one attached hydrogen (secondary N) is 1. The van der Waals surface area contributed by atoms with Gasteiger partial charge in [-0.3, -0.25) is 14.9 Å². The van der Waals surface area contributed by atoms with E-state index in [0.717, 1.165) is 5.56 Å². The first-order valence-electron chi connectivity index (χ1n) is 7.83. The van der Waals surface area contributed by atoms with Crippen LogP contribution in [0.15, 0.2) is 45.5 Å². The molecule has 1 fully saturated rings. The number of thiophene rings is 1. The number of hydrogen-bond acceptors (Lipinski definition) is 6. The molecule has 1 aliphatic heterocycles. The Hall–Kier alpha value is -2.71. The number of carbonyl (C=O) groups excluding carboxylic acids is 2. The largest absolute Gasteiger partial charge is 0.403 e. The fraction of sp³-hybridized carbons (Fsp3) is 0.176. The van der Waals surface area contributed by atoms with Crippen molar-refractivity contribution in [3.8, 4) is 11.5 Å².